The number of aryl methyl sites for hydroxylation is 1. The third kappa shape index (κ3) is 3.43. The van der Waals surface area contributed by atoms with Crippen molar-refractivity contribution in [3.8, 4) is 17.2 Å². The van der Waals surface area contributed by atoms with Crippen LogP contribution >= 0.6 is 0 Å². The van der Waals surface area contributed by atoms with Crippen LogP contribution in [0.3, 0.4) is 0 Å². The summed E-state index contributed by atoms with van der Waals surface area (Å²) in [5.74, 6) is 2.11. The molecule has 1 aromatic heterocycles. The summed E-state index contributed by atoms with van der Waals surface area (Å²) in [6.45, 7) is 4.79. The molecule has 0 unspecified atom stereocenters. The maximum atomic E-state index is 11.0. The van der Waals surface area contributed by atoms with E-state index < -0.39 is 0 Å². The Balaban J connectivity index is 1.95. The van der Waals surface area contributed by atoms with E-state index in [1.165, 1.54) is 0 Å². The molecule has 0 spiro atoms. The van der Waals surface area contributed by atoms with Gasteiger partial charge in [-0.1, -0.05) is 25.5 Å². The van der Waals surface area contributed by atoms with Crippen molar-refractivity contribution >= 4 is 17.2 Å². The smallest absolute Gasteiger partial charge is 0.169 e. The Morgan fingerprint density at radius 2 is 1.88 bits per heavy atom. The molecule has 0 radical (unpaired) electrons. The molecule has 2 aromatic carbocycles. The molecule has 3 rings (SSSR count). The first-order valence-corrected chi connectivity index (χ1v) is 8.19. The summed E-state index contributed by atoms with van der Waals surface area (Å²) >= 11 is 0. The molecule has 0 saturated carbocycles. The summed E-state index contributed by atoms with van der Waals surface area (Å²) in [6.07, 6.45) is 2.89. The zero-order chi connectivity index (χ0) is 16.9. The van der Waals surface area contributed by atoms with Gasteiger partial charge in [0.05, 0.1) is 12.3 Å². The lowest BCUT2D eigenvalue weighted by molar-refractivity contribution is 0.112. The molecule has 0 amide bonds. The molecule has 0 atom stereocenters. The van der Waals surface area contributed by atoms with Crippen molar-refractivity contribution in [2.24, 2.45) is 0 Å². The summed E-state index contributed by atoms with van der Waals surface area (Å²) < 4.78 is 12.0. The molecule has 24 heavy (non-hydrogen) atoms. The molecule has 4 heteroatoms. The number of carbonyl (C=O) groups excluding carboxylic acids is 1. The van der Waals surface area contributed by atoms with Gasteiger partial charge in [0.15, 0.2) is 17.8 Å². The number of ether oxygens (including phenoxy) is 2. The first-order valence-electron chi connectivity index (χ1n) is 8.19. The van der Waals surface area contributed by atoms with Crippen LogP contribution < -0.4 is 9.47 Å². The number of para-hydroxylation sites is 2. The van der Waals surface area contributed by atoms with Crippen LogP contribution in [0.5, 0.6) is 17.2 Å². The second-order valence-corrected chi connectivity index (χ2v) is 5.82. The number of aromatic nitrogens is 1. The molecule has 3 aromatic rings. The molecule has 0 fully saturated rings. The number of rotatable bonds is 7. The van der Waals surface area contributed by atoms with E-state index in [1.807, 2.05) is 43.3 Å². The molecule has 124 valence electrons. The third-order valence-corrected chi connectivity index (χ3v) is 3.82. The Morgan fingerprint density at radius 1 is 1.08 bits per heavy atom. The van der Waals surface area contributed by atoms with Crippen molar-refractivity contribution in [3.05, 3.63) is 53.7 Å². The monoisotopic (exact) mass is 323 g/mol. The minimum Gasteiger partial charge on any atom is -0.490 e. The van der Waals surface area contributed by atoms with Gasteiger partial charge in [0.1, 0.15) is 5.75 Å². The molecule has 0 saturated heterocycles. The summed E-state index contributed by atoms with van der Waals surface area (Å²) in [4.78, 5) is 14.1. The van der Waals surface area contributed by atoms with Crippen LogP contribution in [0.4, 0.5) is 0 Å². The number of aromatic amines is 1. The lowest BCUT2D eigenvalue weighted by atomic mass is 10.1. The average molecular weight is 323 g/mol. The molecule has 1 heterocycles. The summed E-state index contributed by atoms with van der Waals surface area (Å²) in [5, 5.41) is 0.881. The van der Waals surface area contributed by atoms with Crippen LogP contribution in [0.25, 0.3) is 10.9 Å². The Labute approximate surface area is 141 Å². The van der Waals surface area contributed by atoms with E-state index in [9.17, 15) is 4.79 Å². The average Bonchev–Trinajstić information content (AvgIpc) is 3.00. The number of hydrogen-bond acceptors (Lipinski definition) is 3. The lowest BCUT2D eigenvalue weighted by Gasteiger charge is -2.13. The van der Waals surface area contributed by atoms with E-state index in [2.05, 4.69) is 11.9 Å². The Kier molecular flexibility index (Phi) is 4.85. The number of carbonyl (C=O) groups is 1. The highest BCUT2D eigenvalue weighted by Crippen LogP contribution is 2.36. The first-order chi connectivity index (χ1) is 11.7. The predicted octanol–water partition coefficient (Wildman–Crippen LogP) is 5.26. The van der Waals surface area contributed by atoms with E-state index in [0.29, 0.717) is 23.8 Å². The van der Waals surface area contributed by atoms with Gasteiger partial charge in [0.25, 0.3) is 0 Å². The van der Waals surface area contributed by atoms with E-state index in [1.54, 1.807) is 6.07 Å². The van der Waals surface area contributed by atoms with Crippen molar-refractivity contribution in [2.75, 3.05) is 6.61 Å². The number of fused-ring (bicyclic) bond motifs is 1. The standard InChI is InChI=1S/C20H21NO3/c1-3-4-9-23-18-7-5-6-8-19(18)24-20-11-14(2)10-17-16(20)12-15(13-22)21-17/h5-8,10-13,21H,3-4,9H2,1-2H3. The minimum atomic E-state index is 0.535. The van der Waals surface area contributed by atoms with E-state index in [0.717, 1.165) is 41.3 Å². The SMILES string of the molecule is CCCCOc1ccccc1Oc1cc(C)cc2[nH]c(C=O)cc12. The molecule has 0 bridgehead atoms. The van der Waals surface area contributed by atoms with Gasteiger partial charge in [-0.25, -0.2) is 0 Å². The van der Waals surface area contributed by atoms with Gasteiger partial charge in [-0.3, -0.25) is 4.79 Å². The van der Waals surface area contributed by atoms with Crippen LogP contribution in [0.2, 0.25) is 0 Å². The second kappa shape index (κ2) is 7.21. The fourth-order valence-corrected chi connectivity index (χ4v) is 2.61. The topological polar surface area (TPSA) is 51.3 Å². The molecule has 0 aliphatic heterocycles. The van der Waals surface area contributed by atoms with Gasteiger partial charge in [-0.2, -0.15) is 0 Å². The molecular weight excluding hydrogens is 302 g/mol. The molecule has 4 nitrogen and oxygen atoms in total. The summed E-state index contributed by atoms with van der Waals surface area (Å²) in [5.41, 5.74) is 2.48. The minimum absolute atomic E-state index is 0.535. The molecular formula is C20H21NO3. The Bertz CT molecular complexity index is 851. The van der Waals surface area contributed by atoms with Crippen molar-refractivity contribution in [2.45, 2.75) is 26.7 Å². The summed E-state index contributed by atoms with van der Waals surface area (Å²) in [7, 11) is 0. The van der Waals surface area contributed by atoms with Crippen molar-refractivity contribution < 1.29 is 14.3 Å². The maximum absolute atomic E-state index is 11.0. The summed E-state index contributed by atoms with van der Waals surface area (Å²) in [6, 6.07) is 13.4. The van der Waals surface area contributed by atoms with E-state index >= 15 is 0 Å². The van der Waals surface area contributed by atoms with E-state index in [4.69, 9.17) is 9.47 Å². The van der Waals surface area contributed by atoms with Gasteiger partial charge < -0.3 is 14.5 Å². The zero-order valence-corrected chi connectivity index (χ0v) is 14.0. The number of nitrogens with one attached hydrogen (secondary N) is 1. The first kappa shape index (κ1) is 16.1. The fraction of sp³-hybridized carbons (Fsp3) is 0.250. The zero-order valence-electron chi connectivity index (χ0n) is 14.0. The van der Waals surface area contributed by atoms with Gasteiger partial charge >= 0.3 is 0 Å². The van der Waals surface area contributed by atoms with Gasteiger partial charge in [0, 0.05) is 10.9 Å². The number of unbranched alkanes of at least 4 members (excludes halogenated alkanes) is 1. The molecule has 0 aliphatic carbocycles. The normalized spacial score (nSPS) is 10.8. The number of aldehydes is 1. The van der Waals surface area contributed by atoms with Gasteiger partial charge in [-0.15, -0.1) is 0 Å². The van der Waals surface area contributed by atoms with Crippen LogP contribution in [0.1, 0.15) is 35.8 Å². The quantitative estimate of drug-likeness (QED) is 0.476. The van der Waals surface area contributed by atoms with E-state index in [-0.39, 0.29) is 0 Å². The van der Waals surface area contributed by atoms with Crippen LogP contribution in [-0.4, -0.2) is 17.9 Å². The van der Waals surface area contributed by atoms with Crippen molar-refractivity contribution in [1.29, 1.82) is 0 Å². The van der Waals surface area contributed by atoms with Gasteiger partial charge in [-0.05, 0) is 49.2 Å². The predicted molar refractivity (Wildman–Crippen MR) is 95.3 cm³/mol. The van der Waals surface area contributed by atoms with Crippen LogP contribution in [-0.2, 0) is 0 Å². The number of benzene rings is 2. The highest BCUT2D eigenvalue weighted by Gasteiger charge is 2.11. The van der Waals surface area contributed by atoms with Crippen molar-refractivity contribution in [1.82, 2.24) is 4.98 Å². The number of H-pyrrole nitrogens is 1. The van der Waals surface area contributed by atoms with Crippen molar-refractivity contribution in [3.63, 3.8) is 0 Å². The maximum Gasteiger partial charge on any atom is 0.169 e. The largest absolute Gasteiger partial charge is 0.490 e. The molecule has 0 aliphatic rings. The Morgan fingerprint density at radius 3 is 2.62 bits per heavy atom. The highest BCUT2D eigenvalue weighted by atomic mass is 16.5. The lowest BCUT2D eigenvalue weighted by Crippen LogP contribution is -1.98. The fourth-order valence-electron chi connectivity index (χ4n) is 2.61. The Hall–Kier alpha value is -2.75. The molecule has 1 N–H and O–H groups in total. The van der Waals surface area contributed by atoms with Crippen LogP contribution in [0, 0.1) is 6.92 Å². The third-order valence-electron chi connectivity index (χ3n) is 3.82. The second-order valence-electron chi connectivity index (χ2n) is 5.82. The van der Waals surface area contributed by atoms with Crippen LogP contribution in [0.15, 0.2) is 42.5 Å². The van der Waals surface area contributed by atoms with Gasteiger partial charge in [0.2, 0.25) is 0 Å². The highest BCUT2D eigenvalue weighted by molar-refractivity contribution is 5.92. The number of hydrogen-bond donors (Lipinski definition) is 1.